The summed E-state index contributed by atoms with van der Waals surface area (Å²) >= 11 is 0. The van der Waals surface area contributed by atoms with Crippen LogP contribution < -0.4 is 12.4 Å². The summed E-state index contributed by atoms with van der Waals surface area (Å²) in [6.07, 6.45) is 0. The Kier molecular flexibility index (Phi) is 1150. The van der Waals surface area contributed by atoms with Crippen LogP contribution in [-0.2, 0) is 0 Å². The second kappa shape index (κ2) is 230. The van der Waals surface area contributed by atoms with Gasteiger partial charge in [0, 0.05) is 0 Å². The van der Waals surface area contributed by atoms with E-state index in [0.29, 0.717) is 0 Å². The first-order valence-electron chi connectivity index (χ1n) is 2.12. The second-order valence-electron chi connectivity index (χ2n) is 0. The van der Waals surface area contributed by atoms with Gasteiger partial charge < -0.3 is 33.2 Å². The van der Waals surface area contributed by atoms with E-state index in [9.17, 15) is 0 Å². The van der Waals surface area contributed by atoms with Crippen molar-refractivity contribution in [2.75, 3.05) is 0 Å². The Morgan fingerprint density at radius 3 is 0.556 bits per heavy atom. The molecule has 0 spiro atoms. The van der Waals surface area contributed by atoms with Gasteiger partial charge in [0.05, 0.1) is 0 Å². The molecule has 0 N–H and O–H groups in total. The van der Waals surface area contributed by atoms with E-state index < -0.39 is 0 Å². The minimum atomic E-state index is 0. The maximum atomic E-state index is 3.25. The summed E-state index contributed by atoms with van der Waals surface area (Å²) in [5.41, 5.74) is 0. The third-order valence-corrected chi connectivity index (χ3v) is 0. The summed E-state index contributed by atoms with van der Waals surface area (Å²) in [4.78, 5) is 0. The molecule has 0 fully saturated rings. The molecule has 0 saturated heterocycles. The van der Waals surface area contributed by atoms with Crippen LogP contribution in [0.5, 0.6) is 0 Å². The molecular weight excluding hydrogens is 156 g/mol. The van der Waals surface area contributed by atoms with Crippen molar-refractivity contribution in [3.63, 3.8) is 0 Å². The van der Waals surface area contributed by atoms with Crippen LogP contribution in [0.2, 0.25) is 0 Å². The molecule has 0 unspecified atom stereocenters. The molecule has 0 bridgehead atoms. The normalized spacial score (nSPS) is 2.00. The Labute approximate surface area is 99.3 Å². The van der Waals surface area contributed by atoms with Crippen molar-refractivity contribution in [3.05, 3.63) is 20.8 Å². The van der Waals surface area contributed by atoms with Crippen LogP contribution in [0.25, 0.3) is 0 Å². The third kappa shape index (κ3) is 181. The van der Waals surface area contributed by atoms with Crippen molar-refractivity contribution in [1.29, 1.82) is 0 Å². The fourth-order valence-electron chi connectivity index (χ4n) is 0. The summed E-state index contributed by atoms with van der Waals surface area (Å²) < 4.78 is 0. The van der Waals surface area contributed by atoms with Gasteiger partial charge in [-0.2, -0.15) is 20.8 Å². The smallest absolute Gasteiger partial charge is 1.00 e. The Morgan fingerprint density at radius 1 is 0.556 bits per heavy atom. The van der Waals surface area contributed by atoms with E-state index in [1.807, 2.05) is 0 Å². The standard InChI is InChI=1S/3C2H5.ClH.2Mg/c3*1-2;;;/h3*1H2,2H3;1H;;/q3*-1;;2*+2/p-1. The van der Waals surface area contributed by atoms with E-state index in [1.54, 1.807) is 20.8 Å². The molecule has 0 nitrogen and oxygen atoms in total. The molecule has 9 heavy (non-hydrogen) atoms. The molecule has 0 rings (SSSR count). The van der Waals surface area contributed by atoms with Crippen LogP contribution in [0.3, 0.4) is 0 Å². The van der Waals surface area contributed by atoms with E-state index in [-0.39, 0.29) is 58.5 Å². The molecule has 0 saturated carbocycles. The van der Waals surface area contributed by atoms with Gasteiger partial charge in [-0.3, -0.25) is 0 Å². The summed E-state index contributed by atoms with van der Waals surface area (Å²) in [5.74, 6) is 0. The molecule has 0 aliphatic heterocycles. The third-order valence-electron chi connectivity index (χ3n) is 0. The van der Waals surface area contributed by atoms with E-state index in [4.69, 9.17) is 0 Å². The fourth-order valence-corrected chi connectivity index (χ4v) is 0. The average molecular weight is 171 g/mol. The van der Waals surface area contributed by atoms with Crippen molar-refractivity contribution in [2.45, 2.75) is 20.8 Å². The zero-order valence-corrected chi connectivity index (χ0v) is 10.5. The van der Waals surface area contributed by atoms with Crippen molar-refractivity contribution in [1.82, 2.24) is 0 Å². The van der Waals surface area contributed by atoms with Gasteiger partial charge in [-0.25, -0.2) is 0 Å². The molecule has 0 radical (unpaired) electrons. The summed E-state index contributed by atoms with van der Waals surface area (Å²) in [6, 6.07) is 0. The van der Waals surface area contributed by atoms with Crippen LogP contribution in [0.15, 0.2) is 0 Å². The Hall–Kier alpha value is 1.82. The molecule has 0 aromatic heterocycles. The first-order valence-corrected chi connectivity index (χ1v) is 2.12. The molecule has 3 heteroatoms. The minimum absolute atomic E-state index is 0. The number of rotatable bonds is 0. The molecule has 0 aromatic carbocycles. The zero-order chi connectivity index (χ0) is 6.00. The van der Waals surface area contributed by atoms with Crippen LogP contribution in [0, 0.1) is 20.8 Å². The van der Waals surface area contributed by atoms with E-state index >= 15 is 0 Å². The minimum Gasteiger partial charge on any atom is -1.00 e. The summed E-state index contributed by atoms with van der Waals surface area (Å²) in [5, 5.41) is 0. The number of hydrogen-bond donors (Lipinski definition) is 0. The summed E-state index contributed by atoms with van der Waals surface area (Å²) in [6.45, 7) is 15.0. The van der Waals surface area contributed by atoms with Gasteiger partial charge in [-0.1, -0.05) is 0 Å². The van der Waals surface area contributed by atoms with Crippen molar-refractivity contribution < 1.29 is 12.4 Å². The van der Waals surface area contributed by atoms with Gasteiger partial charge in [0.25, 0.3) is 0 Å². The molecule has 0 atom stereocenters. The van der Waals surface area contributed by atoms with Crippen LogP contribution in [0.1, 0.15) is 20.8 Å². The predicted octanol–water partition coefficient (Wildman–Crippen LogP) is -1.24. The van der Waals surface area contributed by atoms with Gasteiger partial charge >= 0.3 is 46.1 Å². The Bertz CT molecular complexity index is 11.0. The van der Waals surface area contributed by atoms with Crippen molar-refractivity contribution in [3.8, 4) is 0 Å². The molecule has 0 heterocycles. The van der Waals surface area contributed by atoms with Crippen LogP contribution in [0.4, 0.5) is 0 Å². The average Bonchev–Trinajstić information content (AvgIpc) is 1.81. The van der Waals surface area contributed by atoms with Gasteiger partial charge in [-0.15, -0.1) is 0 Å². The molecule has 0 aromatic rings. The van der Waals surface area contributed by atoms with Crippen molar-refractivity contribution in [2.24, 2.45) is 0 Å². The molecular formula is C6H15ClMg2. The summed E-state index contributed by atoms with van der Waals surface area (Å²) in [7, 11) is 0. The van der Waals surface area contributed by atoms with Gasteiger partial charge in [0.1, 0.15) is 0 Å². The van der Waals surface area contributed by atoms with E-state index in [0.717, 1.165) is 0 Å². The van der Waals surface area contributed by atoms with Gasteiger partial charge in [-0.05, 0) is 0 Å². The zero-order valence-electron chi connectivity index (χ0n) is 6.91. The molecule has 0 amide bonds. The van der Waals surface area contributed by atoms with Gasteiger partial charge in [0.2, 0.25) is 0 Å². The Morgan fingerprint density at radius 2 is 0.556 bits per heavy atom. The Balaban J connectivity index is -0.00000000321. The van der Waals surface area contributed by atoms with E-state index in [2.05, 4.69) is 20.8 Å². The topological polar surface area (TPSA) is 0 Å². The quantitative estimate of drug-likeness (QED) is 0.316. The fraction of sp³-hybridized carbons (Fsp3) is 0.500. The molecule has 0 aliphatic rings. The predicted molar refractivity (Wildman–Crippen MR) is 44.6 cm³/mol. The molecule has 0 aliphatic carbocycles. The number of halogens is 1. The maximum Gasteiger partial charge on any atom is 2.00 e. The first-order chi connectivity index (χ1) is 3.00. The number of hydrogen-bond acceptors (Lipinski definition) is 0. The monoisotopic (exact) mass is 170 g/mol. The first kappa shape index (κ1) is 44.9. The van der Waals surface area contributed by atoms with Crippen LogP contribution >= 0.6 is 0 Å². The maximum absolute atomic E-state index is 3.25. The SMILES string of the molecule is [CH2-]C.[CH2-]C.[CH2-]C.[Cl-].[Mg+2].[Mg+2]. The second-order valence-corrected chi connectivity index (χ2v) is 0. The van der Waals surface area contributed by atoms with Crippen LogP contribution in [-0.4, -0.2) is 46.1 Å². The largest absolute Gasteiger partial charge is 2.00 e. The molecule has 50 valence electrons. The van der Waals surface area contributed by atoms with E-state index in [1.165, 1.54) is 0 Å². The van der Waals surface area contributed by atoms with Gasteiger partial charge in [0.15, 0.2) is 0 Å². The van der Waals surface area contributed by atoms with Crippen molar-refractivity contribution >= 4 is 46.1 Å².